The lowest BCUT2D eigenvalue weighted by Gasteiger charge is -2.08. The zero-order valence-electron chi connectivity index (χ0n) is 14.3. The van der Waals surface area contributed by atoms with Gasteiger partial charge in [-0.05, 0) is 37.1 Å². The molecule has 0 fully saturated rings. The van der Waals surface area contributed by atoms with E-state index in [9.17, 15) is 23.3 Å². The first-order chi connectivity index (χ1) is 12.2. The van der Waals surface area contributed by atoms with Crippen molar-refractivity contribution in [3.63, 3.8) is 0 Å². The van der Waals surface area contributed by atoms with Gasteiger partial charge in [-0.25, -0.2) is 17.9 Å². The number of carbonyl (C=O) groups excluding carboxylic acids is 1. The van der Waals surface area contributed by atoms with Crippen molar-refractivity contribution in [3.05, 3.63) is 69.3 Å². The van der Waals surface area contributed by atoms with Gasteiger partial charge in [-0.1, -0.05) is 18.2 Å². The smallest absolute Gasteiger partial charge is 0.337 e. The van der Waals surface area contributed by atoms with Crippen molar-refractivity contribution < 1.29 is 22.9 Å². The van der Waals surface area contributed by atoms with E-state index >= 15 is 0 Å². The molecule has 26 heavy (non-hydrogen) atoms. The summed E-state index contributed by atoms with van der Waals surface area (Å²) in [5, 5.41) is 11.0. The topological polar surface area (TPSA) is 116 Å². The number of esters is 1. The van der Waals surface area contributed by atoms with Crippen LogP contribution < -0.4 is 4.72 Å². The fourth-order valence-electron chi connectivity index (χ4n) is 2.29. The molecule has 9 heteroatoms. The predicted octanol–water partition coefficient (Wildman–Crippen LogP) is 2.21. The first-order valence-corrected chi connectivity index (χ1v) is 9.15. The molecular formula is C17H18N2O6S. The van der Waals surface area contributed by atoms with Gasteiger partial charge < -0.3 is 4.74 Å². The molecular weight excluding hydrogens is 360 g/mol. The van der Waals surface area contributed by atoms with Crippen molar-refractivity contribution >= 4 is 21.7 Å². The number of benzene rings is 2. The standard InChI is InChI=1S/C17H18N2O6S/c1-12-3-8-15(11-16(12)19(21)22)26(23,24)18-10-9-13-4-6-14(7-5-13)17(20)25-2/h3-8,11,18H,9-10H2,1-2H3. The molecule has 0 bridgehead atoms. The number of nitro benzene ring substituents is 1. The third-order valence-corrected chi connectivity index (χ3v) is 5.23. The average Bonchev–Trinajstić information content (AvgIpc) is 2.61. The van der Waals surface area contributed by atoms with Crippen molar-refractivity contribution in [3.8, 4) is 0 Å². The summed E-state index contributed by atoms with van der Waals surface area (Å²) in [6, 6.07) is 10.4. The van der Waals surface area contributed by atoms with E-state index in [4.69, 9.17) is 0 Å². The predicted molar refractivity (Wildman–Crippen MR) is 94.5 cm³/mol. The van der Waals surface area contributed by atoms with Crippen LogP contribution in [0.5, 0.6) is 0 Å². The highest BCUT2D eigenvalue weighted by Gasteiger charge is 2.19. The number of hydrogen-bond donors (Lipinski definition) is 1. The largest absolute Gasteiger partial charge is 0.465 e. The van der Waals surface area contributed by atoms with E-state index < -0.39 is 20.9 Å². The molecule has 0 heterocycles. The minimum absolute atomic E-state index is 0.113. The number of aryl methyl sites for hydroxylation is 1. The van der Waals surface area contributed by atoms with Crippen LogP contribution in [0.15, 0.2) is 47.4 Å². The van der Waals surface area contributed by atoms with E-state index in [1.165, 1.54) is 19.2 Å². The van der Waals surface area contributed by atoms with E-state index in [0.717, 1.165) is 11.6 Å². The Hall–Kier alpha value is -2.78. The van der Waals surface area contributed by atoms with Crippen molar-refractivity contribution in [2.45, 2.75) is 18.2 Å². The number of nitrogens with one attached hydrogen (secondary N) is 1. The highest BCUT2D eigenvalue weighted by Crippen LogP contribution is 2.22. The molecule has 0 radical (unpaired) electrons. The molecule has 2 aromatic rings. The lowest BCUT2D eigenvalue weighted by Crippen LogP contribution is -2.26. The number of hydrogen-bond acceptors (Lipinski definition) is 6. The summed E-state index contributed by atoms with van der Waals surface area (Å²) in [6.45, 7) is 1.65. The first-order valence-electron chi connectivity index (χ1n) is 7.66. The van der Waals surface area contributed by atoms with Crippen molar-refractivity contribution in [1.82, 2.24) is 4.72 Å². The normalized spacial score (nSPS) is 11.2. The molecule has 0 aliphatic carbocycles. The number of carbonyl (C=O) groups is 1. The molecule has 0 saturated carbocycles. The molecule has 0 amide bonds. The summed E-state index contributed by atoms with van der Waals surface area (Å²) < 4.78 is 31.6. The zero-order valence-corrected chi connectivity index (χ0v) is 15.1. The molecule has 0 aromatic heterocycles. The second kappa shape index (κ2) is 8.07. The zero-order chi connectivity index (χ0) is 19.3. The molecule has 1 N–H and O–H groups in total. The van der Waals surface area contributed by atoms with Crippen molar-refractivity contribution in [2.24, 2.45) is 0 Å². The minimum atomic E-state index is -3.86. The lowest BCUT2D eigenvalue weighted by atomic mass is 10.1. The molecule has 0 unspecified atom stereocenters. The third kappa shape index (κ3) is 4.64. The van der Waals surface area contributed by atoms with E-state index in [-0.39, 0.29) is 17.1 Å². The van der Waals surface area contributed by atoms with Crippen LogP contribution in [0.1, 0.15) is 21.5 Å². The van der Waals surface area contributed by atoms with E-state index in [2.05, 4.69) is 9.46 Å². The molecule has 0 spiro atoms. The van der Waals surface area contributed by atoms with Gasteiger partial charge >= 0.3 is 5.97 Å². The maximum Gasteiger partial charge on any atom is 0.337 e. The summed E-state index contributed by atoms with van der Waals surface area (Å²) in [6.07, 6.45) is 0.397. The lowest BCUT2D eigenvalue weighted by molar-refractivity contribution is -0.385. The van der Waals surface area contributed by atoms with Crippen LogP contribution in [0, 0.1) is 17.0 Å². The van der Waals surface area contributed by atoms with Gasteiger partial charge in [0, 0.05) is 18.2 Å². The van der Waals surface area contributed by atoms with Crippen LogP contribution >= 0.6 is 0 Å². The van der Waals surface area contributed by atoms with Crippen LogP contribution in [-0.2, 0) is 21.2 Å². The van der Waals surface area contributed by atoms with Crippen LogP contribution in [-0.4, -0.2) is 33.0 Å². The van der Waals surface area contributed by atoms with Crippen molar-refractivity contribution in [2.75, 3.05) is 13.7 Å². The monoisotopic (exact) mass is 378 g/mol. The summed E-state index contributed by atoms with van der Waals surface area (Å²) in [5.41, 5.74) is 1.38. The highest BCUT2D eigenvalue weighted by atomic mass is 32.2. The van der Waals surface area contributed by atoms with Gasteiger partial charge in [0.05, 0.1) is 22.5 Å². The van der Waals surface area contributed by atoms with Gasteiger partial charge in [-0.3, -0.25) is 10.1 Å². The van der Waals surface area contributed by atoms with Gasteiger partial charge in [0.25, 0.3) is 5.69 Å². The Morgan fingerprint density at radius 1 is 1.19 bits per heavy atom. The maximum absolute atomic E-state index is 12.3. The van der Waals surface area contributed by atoms with Crippen LogP contribution in [0.3, 0.4) is 0 Å². The molecule has 2 rings (SSSR count). The number of rotatable bonds is 7. The summed E-state index contributed by atoms with van der Waals surface area (Å²) in [5.74, 6) is -0.446. The average molecular weight is 378 g/mol. The maximum atomic E-state index is 12.3. The SMILES string of the molecule is COC(=O)c1ccc(CCNS(=O)(=O)c2ccc(C)c([N+](=O)[O-])c2)cc1. The number of methoxy groups -OCH3 is 1. The van der Waals surface area contributed by atoms with Gasteiger partial charge in [0.2, 0.25) is 10.0 Å². The summed E-state index contributed by atoms with van der Waals surface area (Å²) >= 11 is 0. The van der Waals surface area contributed by atoms with Gasteiger partial charge in [-0.2, -0.15) is 0 Å². The quantitative estimate of drug-likeness (QED) is 0.449. The number of nitro groups is 1. The van der Waals surface area contributed by atoms with Gasteiger partial charge in [-0.15, -0.1) is 0 Å². The van der Waals surface area contributed by atoms with Crippen molar-refractivity contribution in [1.29, 1.82) is 0 Å². The van der Waals surface area contributed by atoms with Crippen LogP contribution in [0.4, 0.5) is 5.69 Å². The molecule has 2 aromatic carbocycles. The Balaban J connectivity index is 2.03. The summed E-state index contributed by atoms with van der Waals surface area (Å²) in [7, 11) is -2.57. The second-order valence-electron chi connectivity index (χ2n) is 5.54. The van der Waals surface area contributed by atoms with E-state index in [1.54, 1.807) is 31.2 Å². The molecule has 0 aliphatic rings. The second-order valence-corrected chi connectivity index (χ2v) is 7.31. The Morgan fingerprint density at radius 3 is 2.42 bits per heavy atom. The van der Waals surface area contributed by atoms with Crippen LogP contribution in [0.25, 0.3) is 0 Å². The fourth-order valence-corrected chi connectivity index (χ4v) is 3.34. The molecule has 0 saturated heterocycles. The Bertz CT molecular complexity index is 923. The van der Waals surface area contributed by atoms with E-state index in [1.807, 2.05) is 0 Å². The van der Waals surface area contributed by atoms with Crippen LogP contribution in [0.2, 0.25) is 0 Å². The molecule has 8 nitrogen and oxygen atoms in total. The minimum Gasteiger partial charge on any atom is -0.465 e. The summed E-state index contributed by atoms with van der Waals surface area (Å²) in [4.78, 5) is 21.5. The van der Waals surface area contributed by atoms with E-state index in [0.29, 0.717) is 17.5 Å². The fraction of sp³-hybridized carbons (Fsp3) is 0.235. The number of ether oxygens (including phenoxy) is 1. The first kappa shape index (κ1) is 19.5. The van der Waals surface area contributed by atoms with Gasteiger partial charge in [0.1, 0.15) is 0 Å². The Morgan fingerprint density at radius 2 is 1.85 bits per heavy atom. The Kier molecular flexibility index (Phi) is 6.06. The third-order valence-electron chi connectivity index (χ3n) is 3.77. The number of nitrogens with zero attached hydrogens (tertiary/aromatic N) is 1. The highest BCUT2D eigenvalue weighted by molar-refractivity contribution is 7.89. The molecule has 138 valence electrons. The Labute approximate surface area is 151 Å². The van der Waals surface area contributed by atoms with Gasteiger partial charge in [0.15, 0.2) is 0 Å². The number of sulfonamides is 1. The molecule has 0 aliphatic heterocycles. The molecule has 0 atom stereocenters.